The number of rotatable bonds is 5. The number of piperazine rings is 1. The second-order valence-corrected chi connectivity index (χ2v) is 7.73. The number of likely N-dealkylation sites (tertiary alicyclic amines) is 1. The van der Waals surface area contributed by atoms with E-state index in [0.717, 1.165) is 51.5 Å². The Morgan fingerprint density at radius 1 is 1.25 bits per heavy atom. The predicted octanol–water partition coefficient (Wildman–Crippen LogP) is -0.265. The van der Waals surface area contributed by atoms with E-state index < -0.39 is 0 Å². The molecule has 0 saturated carbocycles. The van der Waals surface area contributed by atoms with Gasteiger partial charge in [-0.1, -0.05) is 6.07 Å². The second-order valence-electron chi connectivity index (χ2n) is 7.73. The van der Waals surface area contributed by atoms with Gasteiger partial charge in [-0.25, -0.2) is 0 Å². The van der Waals surface area contributed by atoms with E-state index in [1.807, 2.05) is 28.1 Å². The zero-order valence-electron chi connectivity index (χ0n) is 16.3. The first-order valence-electron chi connectivity index (χ1n) is 10.2. The van der Waals surface area contributed by atoms with Crippen LogP contribution in [-0.2, 0) is 14.3 Å². The number of amides is 2. The first-order valence-corrected chi connectivity index (χ1v) is 10.2. The van der Waals surface area contributed by atoms with Crippen LogP contribution in [0.2, 0.25) is 0 Å². The number of pyridine rings is 1. The zero-order valence-corrected chi connectivity index (χ0v) is 16.3. The number of aromatic nitrogens is 1. The minimum absolute atomic E-state index is 0.0209. The molecule has 1 aromatic rings. The first kappa shape index (κ1) is 19.3. The quantitative estimate of drug-likeness (QED) is 0.750. The van der Waals surface area contributed by atoms with Gasteiger partial charge in [-0.05, 0) is 11.6 Å². The molecule has 8 nitrogen and oxygen atoms in total. The lowest BCUT2D eigenvalue weighted by Crippen LogP contribution is -2.51. The number of morpholine rings is 1. The molecule has 1 N–H and O–H groups in total. The van der Waals surface area contributed by atoms with Crippen LogP contribution in [0.5, 0.6) is 0 Å². The van der Waals surface area contributed by atoms with Crippen molar-refractivity contribution in [3.05, 3.63) is 30.1 Å². The summed E-state index contributed by atoms with van der Waals surface area (Å²) >= 11 is 0. The van der Waals surface area contributed by atoms with Gasteiger partial charge < -0.3 is 19.9 Å². The highest BCUT2D eigenvalue weighted by Gasteiger charge is 2.39. The van der Waals surface area contributed by atoms with Crippen molar-refractivity contribution in [3.63, 3.8) is 0 Å². The van der Waals surface area contributed by atoms with Crippen molar-refractivity contribution in [2.75, 3.05) is 65.6 Å². The fourth-order valence-electron chi connectivity index (χ4n) is 4.31. The maximum atomic E-state index is 13.3. The van der Waals surface area contributed by atoms with Crippen LogP contribution in [0.25, 0.3) is 0 Å². The number of carbonyl (C=O) groups excluding carboxylic acids is 2. The Hall–Kier alpha value is -2.03. The van der Waals surface area contributed by atoms with Gasteiger partial charge in [0, 0.05) is 71.2 Å². The highest BCUT2D eigenvalue weighted by Crippen LogP contribution is 2.27. The lowest BCUT2D eigenvalue weighted by Gasteiger charge is -2.37. The molecule has 2 amide bonds. The minimum Gasteiger partial charge on any atom is -0.379 e. The summed E-state index contributed by atoms with van der Waals surface area (Å²) in [4.78, 5) is 36.1. The summed E-state index contributed by atoms with van der Waals surface area (Å²) in [5, 5.41) is 3.37. The second kappa shape index (κ2) is 8.98. The fraction of sp³-hybridized carbons (Fsp3) is 0.650. The van der Waals surface area contributed by atoms with E-state index in [4.69, 9.17) is 4.74 Å². The summed E-state index contributed by atoms with van der Waals surface area (Å²) in [5.74, 6) is -0.0493. The van der Waals surface area contributed by atoms with Crippen LogP contribution in [0.3, 0.4) is 0 Å². The van der Waals surface area contributed by atoms with Gasteiger partial charge in [0.15, 0.2) is 0 Å². The smallest absolute Gasteiger partial charge is 0.228 e. The summed E-state index contributed by atoms with van der Waals surface area (Å²) in [5.41, 5.74) is 1.04. The number of ether oxygens (including phenoxy) is 1. The summed E-state index contributed by atoms with van der Waals surface area (Å²) < 4.78 is 5.37. The molecular weight excluding hydrogens is 358 g/mol. The molecule has 3 saturated heterocycles. The summed E-state index contributed by atoms with van der Waals surface area (Å²) in [6, 6.07) is 3.89. The molecule has 3 fully saturated rings. The van der Waals surface area contributed by atoms with Gasteiger partial charge in [-0.2, -0.15) is 0 Å². The van der Waals surface area contributed by atoms with Crippen molar-refractivity contribution >= 4 is 11.8 Å². The Labute approximate surface area is 165 Å². The molecule has 8 heteroatoms. The summed E-state index contributed by atoms with van der Waals surface area (Å²) in [6.07, 6.45) is 3.89. The van der Waals surface area contributed by atoms with Crippen LogP contribution in [0, 0.1) is 5.92 Å². The van der Waals surface area contributed by atoms with Gasteiger partial charge in [0.05, 0.1) is 25.2 Å². The van der Waals surface area contributed by atoms with E-state index in [1.165, 1.54) is 0 Å². The monoisotopic (exact) mass is 387 g/mol. The van der Waals surface area contributed by atoms with E-state index in [1.54, 1.807) is 6.20 Å². The lowest BCUT2D eigenvalue weighted by molar-refractivity contribution is -0.139. The highest BCUT2D eigenvalue weighted by molar-refractivity contribution is 5.89. The molecule has 4 rings (SSSR count). The van der Waals surface area contributed by atoms with E-state index in [-0.39, 0.29) is 23.8 Å². The number of hydrogen-bond donors (Lipinski definition) is 1. The summed E-state index contributed by atoms with van der Waals surface area (Å²) in [7, 11) is 0. The van der Waals surface area contributed by atoms with Crippen molar-refractivity contribution in [2.45, 2.75) is 12.5 Å². The molecule has 3 aliphatic heterocycles. The molecule has 3 aliphatic rings. The van der Waals surface area contributed by atoms with Gasteiger partial charge in [-0.3, -0.25) is 19.5 Å². The molecule has 152 valence electrons. The van der Waals surface area contributed by atoms with Crippen LogP contribution >= 0.6 is 0 Å². The number of carbonyl (C=O) groups is 2. The number of nitrogens with zero attached hydrogens (tertiary/aromatic N) is 4. The van der Waals surface area contributed by atoms with Crippen molar-refractivity contribution in [3.8, 4) is 0 Å². The average Bonchev–Trinajstić information content (AvgIpc) is 3.13. The van der Waals surface area contributed by atoms with Crippen LogP contribution in [0.1, 0.15) is 18.0 Å². The van der Waals surface area contributed by atoms with Crippen LogP contribution < -0.4 is 5.32 Å². The van der Waals surface area contributed by atoms with Gasteiger partial charge >= 0.3 is 0 Å². The molecule has 28 heavy (non-hydrogen) atoms. The highest BCUT2D eigenvalue weighted by atomic mass is 16.5. The largest absolute Gasteiger partial charge is 0.379 e. The Morgan fingerprint density at radius 2 is 2.11 bits per heavy atom. The molecular formula is C20H29N5O3. The third-order valence-electron chi connectivity index (χ3n) is 5.95. The van der Waals surface area contributed by atoms with Crippen LogP contribution in [0.4, 0.5) is 0 Å². The lowest BCUT2D eigenvalue weighted by atomic mass is 10.0. The van der Waals surface area contributed by atoms with Crippen molar-refractivity contribution in [1.29, 1.82) is 0 Å². The zero-order chi connectivity index (χ0) is 19.3. The third kappa shape index (κ3) is 4.34. The van der Waals surface area contributed by atoms with Gasteiger partial charge in [-0.15, -0.1) is 0 Å². The van der Waals surface area contributed by atoms with Crippen molar-refractivity contribution in [1.82, 2.24) is 25.0 Å². The fourth-order valence-corrected chi connectivity index (χ4v) is 4.31. The molecule has 0 spiro atoms. The number of nitrogens with one attached hydrogen (secondary N) is 1. The van der Waals surface area contributed by atoms with E-state index in [2.05, 4.69) is 15.2 Å². The molecule has 4 heterocycles. The molecule has 2 unspecified atom stereocenters. The van der Waals surface area contributed by atoms with Crippen molar-refractivity contribution < 1.29 is 14.3 Å². The van der Waals surface area contributed by atoms with Crippen LogP contribution in [0.15, 0.2) is 24.5 Å². The Morgan fingerprint density at radius 3 is 2.89 bits per heavy atom. The Bertz CT molecular complexity index is 680. The van der Waals surface area contributed by atoms with E-state index in [9.17, 15) is 9.59 Å². The van der Waals surface area contributed by atoms with Crippen molar-refractivity contribution in [2.24, 2.45) is 5.92 Å². The minimum atomic E-state index is -0.241. The molecule has 1 aromatic heterocycles. The van der Waals surface area contributed by atoms with Crippen LogP contribution in [-0.4, -0.2) is 97.1 Å². The summed E-state index contributed by atoms with van der Waals surface area (Å²) in [6.45, 7) is 7.58. The standard InChI is InChI=1S/C20H29N5O3/c26-19-12-17(15-24(19)7-6-23-8-10-28-11-9-23)20(27)25-5-4-22-14-18(25)16-2-1-3-21-13-16/h1-3,13,17-18,22H,4-12,14-15H2. The van der Waals surface area contributed by atoms with Gasteiger partial charge in [0.1, 0.15) is 0 Å². The molecule has 0 radical (unpaired) electrons. The number of hydrogen-bond acceptors (Lipinski definition) is 6. The van der Waals surface area contributed by atoms with Gasteiger partial charge in [0.25, 0.3) is 0 Å². The Kier molecular flexibility index (Phi) is 6.19. The van der Waals surface area contributed by atoms with E-state index in [0.29, 0.717) is 26.1 Å². The Balaban J connectivity index is 1.36. The third-order valence-corrected chi connectivity index (χ3v) is 5.95. The SMILES string of the molecule is O=C1CC(C(=O)N2CCNCC2c2cccnc2)CN1CCN1CCOCC1. The topological polar surface area (TPSA) is 78.0 Å². The maximum absolute atomic E-state index is 13.3. The molecule has 0 bridgehead atoms. The molecule has 0 aromatic carbocycles. The first-order chi connectivity index (χ1) is 13.7. The maximum Gasteiger partial charge on any atom is 0.228 e. The average molecular weight is 387 g/mol. The van der Waals surface area contributed by atoms with E-state index >= 15 is 0 Å². The molecule has 0 aliphatic carbocycles. The van der Waals surface area contributed by atoms with Gasteiger partial charge in [0.2, 0.25) is 11.8 Å². The normalized spacial score (nSPS) is 26.6. The molecule has 2 atom stereocenters. The predicted molar refractivity (Wildman–Crippen MR) is 104 cm³/mol.